The monoisotopic (exact) mass is 366 g/mol. The fraction of sp³-hybridized carbons (Fsp3) is 0.905. The van der Waals surface area contributed by atoms with Crippen LogP contribution >= 0.6 is 0 Å². The predicted molar refractivity (Wildman–Crippen MR) is 104 cm³/mol. The van der Waals surface area contributed by atoms with Gasteiger partial charge in [0.2, 0.25) is 5.91 Å². The molecular weight excluding hydrogens is 328 g/mol. The molecule has 0 aromatic carbocycles. The maximum absolute atomic E-state index is 12.9. The van der Waals surface area contributed by atoms with E-state index in [0.717, 1.165) is 31.7 Å². The summed E-state index contributed by atoms with van der Waals surface area (Å²) in [5, 5.41) is 0. The molecule has 1 aliphatic heterocycles. The third kappa shape index (κ3) is 6.48. The zero-order valence-electron chi connectivity index (χ0n) is 17.3. The third-order valence-electron chi connectivity index (χ3n) is 5.62. The summed E-state index contributed by atoms with van der Waals surface area (Å²) in [4.78, 5) is 28.9. The Kier molecular flexibility index (Phi) is 7.78. The molecule has 0 aromatic heterocycles. The van der Waals surface area contributed by atoms with Crippen molar-refractivity contribution < 1.29 is 14.3 Å². The summed E-state index contributed by atoms with van der Waals surface area (Å²) in [7, 11) is 0. The molecule has 0 aromatic rings. The molecule has 2 amide bonds. The fourth-order valence-corrected chi connectivity index (χ4v) is 4.10. The zero-order chi connectivity index (χ0) is 19.2. The van der Waals surface area contributed by atoms with E-state index < -0.39 is 5.60 Å². The number of rotatable bonds is 4. The van der Waals surface area contributed by atoms with E-state index in [1.54, 1.807) is 4.90 Å². The predicted octanol–water partition coefficient (Wildman–Crippen LogP) is 4.45. The van der Waals surface area contributed by atoms with Crippen molar-refractivity contribution in [3.05, 3.63) is 0 Å². The van der Waals surface area contributed by atoms with Crippen LogP contribution in [0.25, 0.3) is 0 Å². The second-order valence-electron chi connectivity index (χ2n) is 9.01. The SMILES string of the molecule is CCCCC1CCC(C(=O)N2CCCN(C(=O)OC(C)(C)C)CC2)CC1. The van der Waals surface area contributed by atoms with Crippen molar-refractivity contribution >= 4 is 12.0 Å². The fourth-order valence-electron chi connectivity index (χ4n) is 4.10. The number of ether oxygens (including phenoxy) is 1. The van der Waals surface area contributed by atoms with E-state index in [-0.39, 0.29) is 12.0 Å². The third-order valence-corrected chi connectivity index (χ3v) is 5.62. The van der Waals surface area contributed by atoms with E-state index in [0.29, 0.717) is 25.5 Å². The molecule has 26 heavy (non-hydrogen) atoms. The van der Waals surface area contributed by atoms with Crippen molar-refractivity contribution in [3.8, 4) is 0 Å². The average molecular weight is 367 g/mol. The summed E-state index contributed by atoms with van der Waals surface area (Å²) in [6, 6.07) is 0. The standard InChI is InChI=1S/C21H38N2O3/c1-5-6-8-17-9-11-18(12-10-17)19(24)22-13-7-14-23(16-15-22)20(25)26-21(2,3)4/h17-18H,5-16H2,1-4H3. The smallest absolute Gasteiger partial charge is 0.410 e. The van der Waals surface area contributed by atoms with Crippen LogP contribution in [0.5, 0.6) is 0 Å². The minimum Gasteiger partial charge on any atom is -0.444 e. The van der Waals surface area contributed by atoms with E-state index in [2.05, 4.69) is 6.92 Å². The van der Waals surface area contributed by atoms with Gasteiger partial charge in [-0.15, -0.1) is 0 Å². The number of carbonyl (C=O) groups is 2. The van der Waals surface area contributed by atoms with Crippen LogP contribution in [0, 0.1) is 11.8 Å². The van der Waals surface area contributed by atoms with Gasteiger partial charge in [-0.3, -0.25) is 4.79 Å². The van der Waals surface area contributed by atoms with Crippen molar-refractivity contribution in [3.63, 3.8) is 0 Å². The number of amides is 2. The second-order valence-corrected chi connectivity index (χ2v) is 9.01. The van der Waals surface area contributed by atoms with Crippen molar-refractivity contribution in [1.82, 2.24) is 9.80 Å². The summed E-state index contributed by atoms with van der Waals surface area (Å²) in [6.07, 6.45) is 8.96. The van der Waals surface area contributed by atoms with Gasteiger partial charge in [-0.1, -0.05) is 26.2 Å². The van der Waals surface area contributed by atoms with Gasteiger partial charge in [0.25, 0.3) is 0 Å². The van der Waals surface area contributed by atoms with Crippen LogP contribution in [0.3, 0.4) is 0 Å². The van der Waals surface area contributed by atoms with Gasteiger partial charge in [-0.05, 0) is 58.8 Å². The maximum atomic E-state index is 12.9. The first kappa shape index (κ1) is 21.0. The second kappa shape index (κ2) is 9.61. The highest BCUT2D eigenvalue weighted by Crippen LogP contribution is 2.33. The van der Waals surface area contributed by atoms with Crippen molar-refractivity contribution in [2.45, 2.75) is 84.7 Å². The number of carbonyl (C=O) groups excluding carboxylic acids is 2. The summed E-state index contributed by atoms with van der Waals surface area (Å²) < 4.78 is 5.47. The quantitative estimate of drug-likeness (QED) is 0.738. The first-order valence-corrected chi connectivity index (χ1v) is 10.6. The Labute approximate surface area is 159 Å². The van der Waals surface area contributed by atoms with Crippen LogP contribution in [-0.2, 0) is 9.53 Å². The number of unbranched alkanes of at least 4 members (excludes halogenated alkanes) is 1. The van der Waals surface area contributed by atoms with Gasteiger partial charge in [-0.2, -0.15) is 0 Å². The van der Waals surface area contributed by atoms with E-state index >= 15 is 0 Å². The lowest BCUT2D eigenvalue weighted by atomic mass is 9.79. The van der Waals surface area contributed by atoms with Crippen LogP contribution in [0.2, 0.25) is 0 Å². The molecule has 1 heterocycles. The Hall–Kier alpha value is -1.26. The Balaban J connectivity index is 1.79. The van der Waals surface area contributed by atoms with Gasteiger partial charge in [0, 0.05) is 32.1 Å². The van der Waals surface area contributed by atoms with Crippen LogP contribution in [0.15, 0.2) is 0 Å². The highest BCUT2D eigenvalue weighted by molar-refractivity contribution is 5.79. The molecule has 2 fully saturated rings. The Morgan fingerprint density at radius 3 is 2.19 bits per heavy atom. The summed E-state index contributed by atoms with van der Waals surface area (Å²) in [5.41, 5.74) is -0.477. The van der Waals surface area contributed by atoms with E-state index in [4.69, 9.17) is 4.74 Å². The molecule has 0 spiro atoms. The summed E-state index contributed by atoms with van der Waals surface area (Å²) >= 11 is 0. The molecule has 0 atom stereocenters. The highest BCUT2D eigenvalue weighted by Gasteiger charge is 2.31. The van der Waals surface area contributed by atoms with Crippen LogP contribution < -0.4 is 0 Å². The number of hydrogen-bond acceptors (Lipinski definition) is 3. The topological polar surface area (TPSA) is 49.9 Å². The molecule has 0 unspecified atom stereocenters. The van der Waals surface area contributed by atoms with Gasteiger partial charge < -0.3 is 14.5 Å². The van der Waals surface area contributed by atoms with E-state index in [9.17, 15) is 9.59 Å². The molecule has 0 bridgehead atoms. The van der Waals surface area contributed by atoms with Gasteiger partial charge in [0.15, 0.2) is 0 Å². The molecule has 2 rings (SSSR count). The molecule has 2 aliphatic rings. The highest BCUT2D eigenvalue weighted by atomic mass is 16.6. The lowest BCUT2D eigenvalue weighted by Gasteiger charge is -2.32. The lowest BCUT2D eigenvalue weighted by molar-refractivity contribution is -0.136. The van der Waals surface area contributed by atoms with Crippen LogP contribution in [0.1, 0.15) is 79.1 Å². The van der Waals surface area contributed by atoms with Gasteiger partial charge >= 0.3 is 6.09 Å². The summed E-state index contributed by atoms with van der Waals surface area (Å²) in [6.45, 7) is 10.5. The van der Waals surface area contributed by atoms with Crippen LogP contribution in [0.4, 0.5) is 4.79 Å². The Bertz CT molecular complexity index is 464. The molecular formula is C21H38N2O3. The molecule has 0 radical (unpaired) electrons. The van der Waals surface area contributed by atoms with Crippen molar-refractivity contribution in [1.29, 1.82) is 0 Å². The van der Waals surface area contributed by atoms with Crippen molar-refractivity contribution in [2.24, 2.45) is 11.8 Å². The normalized spacial score (nSPS) is 24.9. The van der Waals surface area contributed by atoms with E-state index in [1.165, 1.54) is 32.1 Å². The minimum absolute atomic E-state index is 0.195. The number of nitrogens with zero attached hydrogens (tertiary/aromatic N) is 2. The largest absolute Gasteiger partial charge is 0.444 e. The molecule has 5 nitrogen and oxygen atoms in total. The minimum atomic E-state index is -0.477. The Morgan fingerprint density at radius 2 is 1.58 bits per heavy atom. The number of hydrogen-bond donors (Lipinski definition) is 0. The van der Waals surface area contributed by atoms with Crippen LogP contribution in [-0.4, -0.2) is 53.6 Å². The average Bonchev–Trinajstić information content (AvgIpc) is 2.84. The first-order valence-electron chi connectivity index (χ1n) is 10.6. The molecule has 0 N–H and O–H groups in total. The lowest BCUT2D eigenvalue weighted by Crippen LogP contribution is -2.42. The molecule has 5 heteroatoms. The van der Waals surface area contributed by atoms with Gasteiger partial charge in [0.05, 0.1) is 0 Å². The molecule has 1 saturated carbocycles. The van der Waals surface area contributed by atoms with Gasteiger partial charge in [-0.25, -0.2) is 4.79 Å². The van der Waals surface area contributed by atoms with Gasteiger partial charge in [0.1, 0.15) is 5.60 Å². The Morgan fingerprint density at radius 1 is 0.962 bits per heavy atom. The first-order chi connectivity index (χ1) is 12.3. The molecule has 150 valence electrons. The van der Waals surface area contributed by atoms with Crippen molar-refractivity contribution in [2.75, 3.05) is 26.2 Å². The zero-order valence-corrected chi connectivity index (χ0v) is 17.3. The van der Waals surface area contributed by atoms with E-state index in [1.807, 2.05) is 25.7 Å². The molecule has 1 saturated heterocycles. The summed E-state index contributed by atoms with van der Waals surface area (Å²) in [5.74, 6) is 1.33. The maximum Gasteiger partial charge on any atom is 0.410 e. The molecule has 1 aliphatic carbocycles.